The van der Waals surface area contributed by atoms with Crippen LogP contribution in [0.4, 0.5) is 5.69 Å². The fraction of sp³-hybridized carbons (Fsp3) is 0.286. The second-order valence-electron chi connectivity index (χ2n) is 3.93. The predicted molar refractivity (Wildman–Crippen MR) is 72.2 cm³/mol. The summed E-state index contributed by atoms with van der Waals surface area (Å²) < 4.78 is 0. The zero-order valence-corrected chi connectivity index (χ0v) is 10.6. The summed E-state index contributed by atoms with van der Waals surface area (Å²) in [5.74, 6) is 0. The van der Waals surface area contributed by atoms with Gasteiger partial charge in [0.2, 0.25) is 0 Å². The molecule has 1 nitrogen and oxygen atoms in total. The van der Waals surface area contributed by atoms with Gasteiger partial charge in [-0.05, 0) is 48.1 Å². The second kappa shape index (κ2) is 5.17. The van der Waals surface area contributed by atoms with Crippen molar-refractivity contribution in [2.24, 2.45) is 0 Å². The topological polar surface area (TPSA) is 12.0 Å². The molecule has 1 aromatic heterocycles. The van der Waals surface area contributed by atoms with E-state index in [1.807, 2.05) is 11.3 Å². The molecular formula is C14H17NS. The molecule has 0 spiro atoms. The molecular weight excluding hydrogens is 214 g/mol. The maximum atomic E-state index is 3.45. The normalized spacial score (nSPS) is 10.4. The Labute approximate surface area is 101 Å². The third-order valence-corrected chi connectivity index (χ3v) is 3.81. The summed E-state index contributed by atoms with van der Waals surface area (Å²) in [7, 11) is 0. The van der Waals surface area contributed by atoms with Crippen LogP contribution >= 0.6 is 11.3 Å². The highest BCUT2D eigenvalue weighted by Gasteiger charge is 1.99. The maximum absolute atomic E-state index is 3.45. The van der Waals surface area contributed by atoms with Gasteiger partial charge >= 0.3 is 0 Å². The summed E-state index contributed by atoms with van der Waals surface area (Å²) in [6.07, 6.45) is 1.10. The molecule has 0 fully saturated rings. The number of nitrogens with one attached hydrogen (secondary N) is 1. The van der Waals surface area contributed by atoms with Crippen molar-refractivity contribution in [3.05, 3.63) is 51.7 Å². The zero-order chi connectivity index (χ0) is 11.4. The first kappa shape index (κ1) is 11.2. The van der Waals surface area contributed by atoms with E-state index in [0.29, 0.717) is 0 Å². The van der Waals surface area contributed by atoms with Gasteiger partial charge in [0.1, 0.15) is 0 Å². The van der Waals surface area contributed by atoms with Crippen LogP contribution in [0.25, 0.3) is 0 Å². The van der Waals surface area contributed by atoms with Crippen LogP contribution < -0.4 is 5.32 Å². The fourth-order valence-corrected chi connectivity index (χ4v) is 2.47. The van der Waals surface area contributed by atoms with E-state index in [2.05, 4.69) is 54.9 Å². The van der Waals surface area contributed by atoms with Gasteiger partial charge in [0.15, 0.2) is 0 Å². The maximum Gasteiger partial charge on any atom is 0.0496 e. The molecule has 0 atom stereocenters. The van der Waals surface area contributed by atoms with Gasteiger partial charge in [0.05, 0.1) is 0 Å². The Balaban J connectivity index is 1.97. The highest BCUT2D eigenvalue weighted by molar-refractivity contribution is 7.10. The Hall–Kier alpha value is -1.28. The van der Waals surface area contributed by atoms with E-state index in [0.717, 1.165) is 13.0 Å². The first-order chi connectivity index (χ1) is 7.79. The smallest absolute Gasteiger partial charge is 0.0496 e. The highest BCUT2D eigenvalue weighted by atomic mass is 32.1. The monoisotopic (exact) mass is 231 g/mol. The van der Waals surface area contributed by atoms with Gasteiger partial charge in [0.25, 0.3) is 0 Å². The third kappa shape index (κ3) is 2.64. The number of hydrogen-bond acceptors (Lipinski definition) is 2. The number of hydrogen-bond donors (Lipinski definition) is 1. The van der Waals surface area contributed by atoms with Crippen LogP contribution in [-0.2, 0) is 13.0 Å². The Kier molecular flexibility index (Phi) is 3.62. The average molecular weight is 231 g/mol. The molecule has 0 unspecified atom stereocenters. The summed E-state index contributed by atoms with van der Waals surface area (Å²) >= 11 is 1.81. The summed E-state index contributed by atoms with van der Waals surface area (Å²) in [6.45, 7) is 5.26. The fourth-order valence-electron chi connectivity index (χ4n) is 1.63. The van der Waals surface area contributed by atoms with Gasteiger partial charge in [-0.15, -0.1) is 11.3 Å². The lowest BCUT2D eigenvalue weighted by molar-refractivity contribution is 1.13. The molecule has 2 rings (SSSR count). The number of rotatable bonds is 4. The van der Waals surface area contributed by atoms with Gasteiger partial charge < -0.3 is 5.32 Å². The lowest BCUT2D eigenvalue weighted by atomic mass is 10.1. The van der Waals surface area contributed by atoms with Crippen LogP contribution in [0.1, 0.15) is 22.9 Å². The average Bonchev–Trinajstić information content (AvgIpc) is 2.73. The molecule has 84 valence electrons. The lowest BCUT2D eigenvalue weighted by Gasteiger charge is -2.06. The molecule has 0 bridgehead atoms. The van der Waals surface area contributed by atoms with E-state index in [1.165, 1.54) is 21.7 Å². The van der Waals surface area contributed by atoms with Crippen molar-refractivity contribution in [1.82, 2.24) is 0 Å². The molecule has 0 amide bonds. The van der Waals surface area contributed by atoms with Crippen LogP contribution in [-0.4, -0.2) is 0 Å². The van der Waals surface area contributed by atoms with Gasteiger partial charge in [-0.25, -0.2) is 0 Å². The van der Waals surface area contributed by atoms with Gasteiger partial charge in [-0.3, -0.25) is 0 Å². The van der Waals surface area contributed by atoms with Crippen molar-refractivity contribution in [2.75, 3.05) is 5.32 Å². The Bertz CT molecular complexity index is 442. The molecule has 0 aliphatic heterocycles. The third-order valence-electron chi connectivity index (χ3n) is 2.78. The first-order valence-corrected chi connectivity index (χ1v) is 6.53. The van der Waals surface area contributed by atoms with Crippen molar-refractivity contribution in [1.29, 1.82) is 0 Å². The molecule has 0 radical (unpaired) electrons. The molecule has 0 saturated heterocycles. The van der Waals surface area contributed by atoms with Crippen LogP contribution in [0.5, 0.6) is 0 Å². The molecule has 1 N–H and O–H groups in total. The molecule has 16 heavy (non-hydrogen) atoms. The van der Waals surface area contributed by atoms with E-state index in [9.17, 15) is 0 Å². The Morgan fingerprint density at radius 1 is 1.12 bits per heavy atom. The SMILES string of the molecule is CCc1ccc(NCc2sccc2C)cc1. The van der Waals surface area contributed by atoms with Crippen molar-refractivity contribution in [3.8, 4) is 0 Å². The summed E-state index contributed by atoms with van der Waals surface area (Å²) in [4.78, 5) is 1.42. The number of anilines is 1. The molecule has 0 saturated carbocycles. The summed E-state index contributed by atoms with van der Waals surface area (Å²) in [6, 6.07) is 10.8. The summed E-state index contributed by atoms with van der Waals surface area (Å²) in [5.41, 5.74) is 3.96. The van der Waals surface area contributed by atoms with Gasteiger partial charge in [0, 0.05) is 17.1 Å². The van der Waals surface area contributed by atoms with Crippen LogP contribution in [0.2, 0.25) is 0 Å². The number of aryl methyl sites for hydroxylation is 2. The van der Waals surface area contributed by atoms with Crippen LogP contribution in [0, 0.1) is 6.92 Å². The number of benzene rings is 1. The second-order valence-corrected chi connectivity index (χ2v) is 4.93. The van der Waals surface area contributed by atoms with E-state index in [1.54, 1.807) is 0 Å². The minimum absolute atomic E-state index is 0.926. The molecule has 2 aromatic rings. The van der Waals surface area contributed by atoms with E-state index >= 15 is 0 Å². The highest BCUT2D eigenvalue weighted by Crippen LogP contribution is 2.18. The van der Waals surface area contributed by atoms with Gasteiger partial charge in [-0.2, -0.15) is 0 Å². The molecule has 1 heterocycles. The van der Waals surface area contributed by atoms with Crippen molar-refractivity contribution < 1.29 is 0 Å². The van der Waals surface area contributed by atoms with Crippen LogP contribution in [0.15, 0.2) is 35.7 Å². The molecule has 0 aliphatic rings. The molecule has 2 heteroatoms. The number of thiophene rings is 1. The zero-order valence-electron chi connectivity index (χ0n) is 9.79. The molecule has 0 aliphatic carbocycles. The standard InChI is InChI=1S/C14H17NS/c1-3-12-4-6-13(7-5-12)15-10-14-11(2)8-9-16-14/h4-9,15H,3,10H2,1-2H3. The summed E-state index contributed by atoms with van der Waals surface area (Å²) in [5, 5.41) is 5.59. The van der Waals surface area contributed by atoms with Crippen molar-refractivity contribution in [3.63, 3.8) is 0 Å². The van der Waals surface area contributed by atoms with Gasteiger partial charge in [-0.1, -0.05) is 19.1 Å². The lowest BCUT2D eigenvalue weighted by Crippen LogP contribution is -1.98. The Morgan fingerprint density at radius 3 is 2.44 bits per heavy atom. The minimum Gasteiger partial charge on any atom is -0.380 e. The van der Waals surface area contributed by atoms with E-state index in [4.69, 9.17) is 0 Å². The van der Waals surface area contributed by atoms with Crippen molar-refractivity contribution in [2.45, 2.75) is 26.8 Å². The quantitative estimate of drug-likeness (QED) is 0.830. The molecule has 1 aromatic carbocycles. The minimum atomic E-state index is 0.926. The largest absolute Gasteiger partial charge is 0.380 e. The predicted octanol–water partition coefficient (Wildman–Crippen LogP) is 4.23. The first-order valence-electron chi connectivity index (χ1n) is 5.65. The van der Waals surface area contributed by atoms with E-state index in [-0.39, 0.29) is 0 Å². The van der Waals surface area contributed by atoms with Crippen molar-refractivity contribution >= 4 is 17.0 Å². The Morgan fingerprint density at radius 2 is 1.88 bits per heavy atom. The van der Waals surface area contributed by atoms with Crippen LogP contribution in [0.3, 0.4) is 0 Å². The van der Waals surface area contributed by atoms with E-state index < -0.39 is 0 Å².